The second-order valence-corrected chi connectivity index (χ2v) is 4.08. The fourth-order valence-corrected chi connectivity index (χ4v) is 1.61. The molecule has 4 nitrogen and oxygen atoms in total. The summed E-state index contributed by atoms with van der Waals surface area (Å²) in [5, 5.41) is 13.3. The van der Waals surface area contributed by atoms with Gasteiger partial charge in [0.25, 0.3) is 0 Å². The second-order valence-electron chi connectivity index (χ2n) is 4.08. The van der Waals surface area contributed by atoms with Crippen LogP contribution in [0.3, 0.4) is 0 Å². The van der Waals surface area contributed by atoms with E-state index >= 15 is 0 Å². The minimum atomic E-state index is -0.799. The lowest BCUT2D eigenvalue weighted by Gasteiger charge is -2.12. The summed E-state index contributed by atoms with van der Waals surface area (Å²) in [6.45, 7) is 3.55. The lowest BCUT2D eigenvalue weighted by Crippen LogP contribution is -2.01. The molecular weight excluding hydrogens is 237 g/mol. The number of ether oxygens (including phenoxy) is 1. The van der Waals surface area contributed by atoms with Crippen molar-refractivity contribution in [3.63, 3.8) is 0 Å². The molecule has 1 N–H and O–H groups in total. The van der Waals surface area contributed by atoms with E-state index in [-0.39, 0.29) is 6.61 Å². The van der Waals surface area contributed by atoms with Crippen LogP contribution in [0.2, 0.25) is 0 Å². The van der Waals surface area contributed by atoms with Crippen molar-refractivity contribution in [3.8, 4) is 5.75 Å². The van der Waals surface area contributed by atoms with Crippen LogP contribution in [0.4, 0.5) is 4.39 Å². The summed E-state index contributed by atoms with van der Waals surface area (Å²) in [7, 11) is 0. The van der Waals surface area contributed by atoms with Gasteiger partial charge in [-0.05, 0) is 32.0 Å². The SMILES string of the molecule is Cc1cc(COc2ccc(F)cc2[C@H](C)O)on1. The van der Waals surface area contributed by atoms with Crippen molar-refractivity contribution in [1.82, 2.24) is 5.16 Å². The van der Waals surface area contributed by atoms with Crippen LogP contribution in [-0.2, 0) is 6.61 Å². The molecule has 0 fully saturated rings. The first-order valence-electron chi connectivity index (χ1n) is 5.59. The van der Waals surface area contributed by atoms with Gasteiger partial charge in [0.1, 0.15) is 18.2 Å². The van der Waals surface area contributed by atoms with Gasteiger partial charge in [-0.15, -0.1) is 0 Å². The Labute approximate surface area is 104 Å². The molecule has 1 atom stereocenters. The number of aromatic nitrogens is 1. The number of aliphatic hydroxyl groups excluding tert-OH is 1. The molecule has 0 aliphatic carbocycles. The number of rotatable bonds is 4. The summed E-state index contributed by atoms with van der Waals surface area (Å²) in [5.74, 6) is 0.600. The lowest BCUT2D eigenvalue weighted by molar-refractivity contribution is 0.185. The molecule has 0 spiro atoms. The van der Waals surface area contributed by atoms with Gasteiger partial charge in [0.15, 0.2) is 5.76 Å². The fourth-order valence-electron chi connectivity index (χ4n) is 1.61. The van der Waals surface area contributed by atoms with E-state index < -0.39 is 11.9 Å². The second kappa shape index (κ2) is 5.18. The summed E-state index contributed by atoms with van der Waals surface area (Å²) >= 11 is 0. The lowest BCUT2D eigenvalue weighted by atomic mass is 10.1. The van der Waals surface area contributed by atoms with E-state index in [9.17, 15) is 9.50 Å². The van der Waals surface area contributed by atoms with Crippen molar-refractivity contribution in [1.29, 1.82) is 0 Å². The third-order valence-electron chi connectivity index (χ3n) is 2.47. The highest BCUT2D eigenvalue weighted by Gasteiger charge is 2.11. The normalized spacial score (nSPS) is 12.4. The maximum Gasteiger partial charge on any atom is 0.174 e. The maximum atomic E-state index is 13.1. The van der Waals surface area contributed by atoms with E-state index in [1.807, 2.05) is 6.92 Å². The summed E-state index contributed by atoms with van der Waals surface area (Å²) in [6, 6.07) is 5.78. The van der Waals surface area contributed by atoms with E-state index in [4.69, 9.17) is 9.26 Å². The number of benzene rings is 1. The Balaban J connectivity index is 2.13. The van der Waals surface area contributed by atoms with Crippen molar-refractivity contribution in [2.75, 3.05) is 0 Å². The minimum Gasteiger partial charge on any atom is -0.485 e. The third kappa shape index (κ3) is 2.87. The van der Waals surface area contributed by atoms with E-state index in [0.29, 0.717) is 17.1 Å². The predicted octanol–water partition coefficient (Wildman–Crippen LogP) is 2.75. The molecule has 5 heteroatoms. The molecular formula is C13H14FNO3. The van der Waals surface area contributed by atoms with Crippen LogP contribution < -0.4 is 4.74 Å². The number of aliphatic hydroxyl groups is 1. The van der Waals surface area contributed by atoms with Crippen molar-refractivity contribution in [2.45, 2.75) is 26.6 Å². The zero-order chi connectivity index (χ0) is 13.1. The Hall–Kier alpha value is -1.88. The van der Waals surface area contributed by atoms with Crippen LogP contribution in [0.15, 0.2) is 28.8 Å². The standard InChI is InChI=1S/C13H14FNO3/c1-8-5-11(18-15-8)7-17-13-4-3-10(14)6-12(13)9(2)16/h3-6,9,16H,7H2,1-2H3/t9-/m0/s1. The van der Waals surface area contributed by atoms with E-state index in [1.165, 1.54) is 18.2 Å². The first-order chi connectivity index (χ1) is 8.56. The quantitative estimate of drug-likeness (QED) is 0.907. The van der Waals surface area contributed by atoms with E-state index in [0.717, 1.165) is 5.69 Å². The van der Waals surface area contributed by atoms with Gasteiger partial charge in [0.05, 0.1) is 11.8 Å². The molecule has 1 heterocycles. The molecule has 18 heavy (non-hydrogen) atoms. The Kier molecular flexibility index (Phi) is 3.62. The number of halogens is 1. The number of nitrogens with zero attached hydrogens (tertiary/aromatic N) is 1. The number of hydrogen-bond donors (Lipinski definition) is 1. The average Bonchev–Trinajstić information content (AvgIpc) is 2.73. The van der Waals surface area contributed by atoms with Gasteiger partial charge < -0.3 is 14.4 Å². The molecule has 0 bridgehead atoms. The van der Waals surface area contributed by atoms with Crippen molar-refractivity contribution in [2.24, 2.45) is 0 Å². The first kappa shape index (κ1) is 12.6. The van der Waals surface area contributed by atoms with Gasteiger partial charge in [0, 0.05) is 11.6 Å². The molecule has 0 saturated heterocycles. The van der Waals surface area contributed by atoms with Gasteiger partial charge in [0.2, 0.25) is 0 Å². The molecule has 0 radical (unpaired) electrons. The molecule has 0 amide bonds. The number of hydrogen-bond acceptors (Lipinski definition) is 4. The van der Waals surface area contributed by atoms with Crippen molar-refractivity contribution >= 4 is 0 Å². The number of aryl methyl sites for hydroxylation is 1. The molecule has 2 aromatic rings. The first-order valence-corrected chi connectivity index (χ1v) is 5.59. The van der Waals surface area contributed by atoms with Gasteiger partial charge in [-0.3, -0.25) is 0 Å². The van der Waals surface area contributed by atoms with Gasteiger partial charge >= 0.3 is 0 Å². The fraction of sp³-hybridized carbons (Fsp3) is 0.308. The third-order valence-corrected chi connectivity index (χ3v) is 2.47. The van der Waals surface area contributed by atoms with E-state index in [2.05, 4.69) is 5.16 Å². The van der Waals surface area contributed by atoms with Crippen LogP contribution in [-0.4, -0.2) is 10.3 Å². The Morgan fingerprint density at radius 3 is 2.83 bits per heavy atom. The highest BCUT2D eigenvalue weighted by atomic mass is 19.1. The zero-order valence-electron chi connectivity index (χ0n) is 10.2. The van der Waals surface area contributed by atoms with E-state index in [1.54, 1.807) is 13.0 Å². The molecule has 0 aliphatic rings. The minimum absolute atomic E-state index is 0.187. The van der Waals surface area contributed by atoms with Gasteiger partial charge in [-0.1, -0.05) is 5.16 Å². The van der Waals surface area contributed by atoms with Gasteiger partial charge in [-0.2, -0.15) is 0 Å². The smallest absolute Gasteiger partial charge is 0.174 e. The summed E-state index contributed by atoms with van der Waals surface area (Å²) in [6.07, 6.45) is -0.799. The topological polar surface area (TPSA) is 55.5 Å². The van der Waals surface area contributed by atoms with Crippen LogP contribution in [0.5, 0.6) is 5.75 Å². The average molecular weight is 251 g/mol. The Morgan fingerprint density at radius 2 is 2.22 bits per heavy atom. The van der Waals surface area contributed by atoms with Crippen LogP contribution in [0, 0.1) is 12.7 Å². The highest BCUT2D eigenvalue weighted by Crippen LogP contribution is 2.26. The Morgan fingerprint density at radius 1 is 1.44 bits per heavy atom. The molecule has 1 aromatic carbocycles. The molecule has 0 unspecified atom stereocenters. The van der Waals surface area contributed by atoms with Gasteiger partial charge in [-0.25, -0.2) is 4.39 Å². The Bertz CT molecular complexity index is 537. The largest absolute Gasteiger partial charge is 0.485 e. The summed E-state index contributed by atoms with van der Waals surface area (Å²) in [5.41, 5.74) is 1.18. The molecule has 1 aromatic heterocycles. The highest BCUT2D eigenvalue weighted by molar-refractivity contribution is 5.35. The summed E-state index contributed by atoms with van der Waals surface area (Å²) < 4.78 is 23.6. The van der Waals surface area contributed by atoms with Crippen molar-refractivity contribution in [3.05, 3.63) is 47.1 Å². The van der Waals surface area contributed by atoms with Crippen LogP contribution in [0.25, 0.3) is 0 Å². The van der Waals surface area contributed by atoms with Crippen molar-refractivity contribution < 1.29 is 18.8 Å². The molecule has 0 aliphatic heterocycles. The molecule has 2 rings (SSSR count). The molecule has 0 saturated carbocycles. The zero-order valence-corrected chi connectivity index (χ0v) is 10.2. The maximum absolute atomic E-state index is 13.1. The van der Waals surface area contributed by atoms with Crippen LogP contribution in [0.1, 0.15) is 30.0 Å². The summed E-state index contributed by atoms with van der Waals surface area (Å²) in [4.78, 5) is 0. The molecule has 96 valence electrons. The monoisotopic (exact) mass is 251 g/mol. The predicted molar refractivity (Wildman–Crippen MR) is 62.6 cm³/mol. The van der Waals surface area contributed by atoms with Crippen LogP contribution >= 0.6 is 0 Å².